The summed E-state index contributed by atoms with van der Waals surface area (Å²) in [5.74, 6) is 4.40. The maximum absolute atomic E-state index is 5.91. The van der Waals surface area contributed by atoms with Gasteiger partial charge in [0.05, 0.1) is 11.4 Å². The molecule has 0 radical (unpaired) electrons. The summed E-state index contributed by atoms with van der Waals surface area (Å²) in [5, 5.41) is 8.91. The lowest BCUT2D eigenvalue weighted by Gasteiger charge is -2.52. The molecule has 5 rings (SSSR count). The first-order valence-electron chi connectivity index (χ1n) is 16.4. The van der Waals surface area contributed by atoms with E-state index in [2.05, 4.69) is 111 Å². The molecule has 0 unspecified atom stereocenters. The fraction of sp³-hybridized carbons (Fsp3) is 0.444. The van der Waals surface area contributed by atoms with Crippen LogP contribution in [0.25, 0.3) is 0 Å². The quantitative estimate of drug-likeness (QED) is 0.0743. The van der Waals surface area contributed by atoms with Gasteiger partial charge in [-0.25, -0.2) is 19.9 Å². The van der Waals surface area contributed by atoms with E-state index in [1.54, 1.807) is 23.5 Å². The van der Waals surface area contributed by atoms with E-state index >= 15 is 0 Å². The van der Waals surface area contributed by atoms with Crippen LogP contribution in [-0.2, 0) is 0 Å². The molecule has 1 fully saturated rings. The third-order valence-electron chi connectivity index (χ3n) is 8.12. The number of anilines is 2. The molecule has 0 atom stereocenters. The van der Waals surface area contributed by atoms with Crippen LogP contribution < -0.4 is 22.1 Å². The highest BCUT2D eigenvalue weighted by atomic mass is 32.2. The van der Waals surface area contributed by atoms with Crippen molar-refractivity contribution in [3.05, 3.63) is 95.3 Å². The number of nitrogens with two attached hydrogens (primary N) is 2. The van der Waals surface area contributed by atoms with Crippen LogP contribution in [0.4, 0.5) is 11.9 Å². The highest BCUT2D eigenvalue weighted by molar-refractivity contribution is 7.99. The van der Waals surface area contributed by atoms with Crippen molar-refractivity contribution < 1.29 is 0 Å². The Morgan fingerprint density at radius 2 is 0.978 bits per heavy atom. The van der Waals surface area contributed by atoms with Crippen molar-refractivity contribution in [2.75, 3.05) is 48.3 Å². The number of hydrogen-bond acceptors (Lipinski definition) is 10. The zero-order valence-corrected chi connectivity index (χ0v) is 29.0. The highest BCUT2D eigenvalue weighted by Crippen LogP contribution is 2.66. The standard InChI is InChI=1S/C36H48N8S2/c1-23(2)21-39-35-41-27(19-29(43-35)45-17-15-37)33-31(25-11-7-5-8-12-25)34(32(33)26-13-9-6-10-14-26)28-20-30(46-18-16-38)44-36(42-28)40-22-24(3)4/h5-14,19-20,23-24,31-34H,15-18,21-22,37-38H2,1-4H3,(H,39,41,43)(H,40,42,44). The molecule has 0 aliphatic heterocycles. The Labute approximate surface area is 282 Å². The van der Waals surface area contributed by atoms with Crippen LogP contribution in [0.3, 0.4) is 0 Å². The summed E-state index contributed by atoms with van der Waals surface area (Å²) in [6.07, 6.45) is 0. The Bertz CT molecular complexity index is 1400. The lowest BCUT2D eigenvalue weighted by Crippen LogP contribution is -2.41. The highest BCUT2D eigenvalue weighted by Gasteiger charge is 2.54. The molecule has 1 saturated carbocycles. The zero-order chi connectivity index (χ0) is 32.5. The SMILES string of the molecule is CC(C)CNc1nc(SCCN)cc(C2C(c3ccccc3)C(c3cc(SCCN)nc(NCC(C)C)n3)C2c2ccccc2)n1. The Balaban J connectivity index is 1.66. The second kappa shape index (κ2) is 16.6. The third-order valence-corrected chi connectivity index (χ3v) is 10.0. The molecule has 8 nitrogen and oxygen atoms in total. The second-order valence-electron chi connectivity index (χ2n) is 12.7. The minimum atomic E-state index is 0.108. The van der Waals surface area contributed by atoms with Gasteiger partial charge in [-0.2, -0.15) is 0 Å². The minimum absolute atomic E-state index is 0.108. The van der Waals surface area contributed by atoms with Crippen molar-refractivity contribution in [3.8, 4) is 0 Å². The number of hydrogen-bond donors (Lipinski definition) is 4. The van der Waals surface area contributed by atoms with Crippen molar-refractivity contribution >= 4 is 35.4 Å². The second-order valence-corrected chi connectivity index (χ2v) is 14.9. The molecule has 0 spiro atoms. The molecule has 4 aromatic rings. The van der Waals surface area contributed by atoms with Crippen LogP contribution in [0, 0.1) is 11.8 Å². The van der Waals surface area contributed by atoms with Crippen LogP contribution in [0.15, 0.2) is 82.8 Å². The molecular weight excluding hydrogens is 609 g/mol. The molecule has 0 bridgehead atoms. The fourth-order valence-corrected chi connectivity index (χ4v) is 7.48. The average molecular weight is 657 g/mol. The molecule has 10 heteroatoms. The normalized spacial score (nSPS) is 19.3. The first-order chi connectivity index (χ1) is 22.4. The molecule has 0 amide bonds. The summed E-state index contributed by atoms with van der Waals surface area (Å²) in [6.45, 7) is 11.6. The molecule has 1 aliphatic carbocycles. The summed E-state index contributed by atoms with van der Waals surface area (Å²) in [5.41, 5.74) is 16.5. The number of benzene rings is 2. The molecule has 2 aromatic carbocycles. The third kappa shape index (κ3) is 8.59. The van der Waals surface area contributed by atoms with Gasteiger partial charge in [-0.1, -0.05) is 88.4 Å². The topological polar surface area (TPSA) is 128 Å². The van der Waals surface area contributed by atoms with E-state index in [4.69, 9.17) is 31.4 Å². The number of aromatic nitrogens is 4. The lowest BCUT2D eigenvalue weighted by molar-refractivity contribution is 0.219. The molecule has 1 aliphatic rings. The van der Waals surface area contributed by atoms with Crippen LogP contribution in [-0.4, -0.2) is 57.6 Å². The van der Waals surface area contributed by atoms with Crippen LogP contribution in [0.1, 0.15) is 73.9 Å². The van der Waals surface area contributed by atoms with E-state index in [1.807, 2.05) is 0 Å². The smallest absolute Gasteiger partial charge is 0.223 e. The van der Waals surface area contributed by atoms with Gasteiger partial charge in [0.2, 0.25) is 11.9 Å². The van der Waals surface area contributed by atoms with Gasteiger partial charge in [-0.3, -0.25) is 0 Å². The van der Waals surface area contributed by atoms with Gasteiger partial charge < -0.3 is 22.1 Å². The first kappa shape index (κ1) is 34.2. The lowest BCUT2D eigenvalue weighted by atomic mass is 9.50. The van der Waals surface area contributed by atoms with E-state index in [-0.39, 0.29) is 23.7 Å². The largest absolute Gasteiger partial charge is 0.354 e. The Kier molecular flexibility index (Phi) is 12.3. The molecule has 2 aromatic heterocycles. The van der Waals surface area contributed by atoms with Gasteiger partial charge in [-0.15, -0.1) is 23.5 Å². The number of nitrogens with one attached hydrogen (secondary N) is 2. The fourth-order valence-electron chi connectivity index (χ4n) is 6.11. The zero-order valence-electron chi connectivity index (χ0n) is 27.4. The Morgan fingerprint density at radius 3 is 1.33 bits per heavy atom. The Morgan fingerprint density at radius 1 is 0.587 bits per heavy atom. The van der Waals surface area contributed by atoms with Crippen LogP contribution in [0.2, 0.25) is 0 Å². The summed E-state index contributed by atoms with van der Waals surface area (Å²) < 4.78 is 0. The van der Waals surface area contributed by atoms with Crippen molar-refractivity contribution in [2.24, 2.45) is 23.3 Å². The van der Waals surface area contributed by atoms with E-state index in [9.17, 15) is 0 Å². The predicted molar refractivity (Wildman–Crippen MR) is 194 cm³/mol. The van der Waals surface area contributed by atoms with E-state index < -0.39 is 0 Å². The molecule has 46 heavy (non-hydrogen) atoms. The molecule has 244 valence electrons. The van der Waals surface area contributed by atoms with Crippen LogP contribution in [0.5, 0.6) is 0 Å². The van der Waals surface area contributed by atoms with Crippen molar-refractivity contribution in [1.29, 1.82) is 0 Å². The van der Waals surface area contributed by atoms with Gasteiger partial charge in [0.15, 0.2) is 0 Å². The maximum Gasteiger partial charge on any atom is 0.223 e. The minimum Gasteiger partial charge on any atom is -0.354 e. The van der Waals surface area contributed by atoms with Gasteiger partial charge in [-0.05, 0) is 35.1 Å². The van der Waals surface area contributed by atoms with Crippen LogP contribution >= 0.6 is 23.5 Å². The average Bonchev–Trinajstić information content (AvgIpc) is 3.05. The monoisotopic (exact) mass is 656 g/mol. The number of thioether (sulfide) groups is 2. The first-order valence-corrected chi connectivity index (χ1v) is 18.4. The molecule has 2 heterocycles. The summed E-state index contributed by atoms with van der Waals surface area (Å²) >= 11 is 3.37. The molecule has 0 saturated heterocycles. The molecule has 6 N–H and O–H groups in total. The number of rotatable bonds is 16. The number of nitrogens with zero attached hydrogens (tertiary/aromatic N) is 4. The van der Waals surface area contributed by atoms with E-state index in [0.717, 1.165) is 46.0 Å². The summed E-state index contributed by atoms with van der Waals surface area (Å²) in [6, 6.07) is 26.1. The van der Waals surface area contributed by atoms with Gasteiger partial charge in [0, 0.05) is 61.4 Å². The molecular formula is C36H48N8S2. The predicted octanol–water partition coefficient (Wildman–Crippen LogP) is 6.95. The van der Waals surface area contributed by atoms with Gasteiger partial charge in [0.1, 0.15) is 10.1 Å². The van der Waals surface area contributed by atoms with E-state index in [0.29, 0.717) is 36.8 Å². The maximum atomic E-state index is 5.91. The van der Waals surface area contributed by atoms with E-state index in [1.165, 1.54) is 11.1 Å². The van der Waals surface area contributed by atoms with Gasteiger partial charge >= 0.3 is 0 Å². The summed E-state index contributed by atoms with van der Waals surface area (Å²) in [7, 11) is 0. The van der Waals surface area contributed by atoms with Crippen molar-refractivity contribution in [3.63, 3.8) is 0 Å². The Hall–Kier alpha value is -3.18. The summed E-state index contributed by atoms with van der Waals surface area (Å²) in [4.78, 5) is 20.2. The van der Waals surface area contributed by atoms with Crippen molar-refractivity contribution in [2.45, 2.75) is 61.4 Å². The van der Waals surface area contributed by atoms with Crippen molar-refractivity contribution in [1.82, 2.24) is 19.9 Å². The van der Waals surface area contributed by atoms with Gasteiger partial charge in [0.25, 0.3) is 0 Å².